The summed E-state index contributed by atoms with van der Waals surface area (Å²) in [5.74, 6) is 1.64. The highest BCUT2D eigenvalue weighted by Gasteiger charge is 2.33. The van der Waals surface area contributed by atoms with Gasteiger partial charge in [-0.05, 0) is 25.8 Å². The monoisotopic (exact) mass is 413 g/mol. The Morgan fingerprint density at radius 2 is 2.06 bits per heavy atom. The summed E-state index contributed by atoms with van der Waals surface area (Å²) in [5.41, 5.74) is 4.57. The summed E-state index contributed by atoms with van der Waals surface area (Å²) in [5, 5.41) is 13.7. The zero-order valence-corrected chi connectivity index (χ0v) is 17.4. The average molecular weight is 413 g/mol. The second-order valence-electron chi connectivity index (χ2n) is 8.59. The Bertz CT molecular complexity index is 1300. The van der Waals surface area contributed by atoms with Crippen LogP contribution in [0.4, 0.5) is 0 Å². The van der Waals surface area contributed by atoms with Gasteiger partial charge in [0.05, 0.1) is 54.6 Å². The molecule has 4 aromatic rings. The SMILES string of the molecule is CN1CCn2c(-c3cc4nc(-c5cnn(C(CC#N)C6CC6)c5)cn4cn3)cnc2C1. The molecular formula is C22H23N9. The molecule has 1 fully saturated rings. The zero-order chi connectivity index (χ0) is 20.9. The summed E-state index contributed by atoms with van der Waals surface area (Å²) in [7, 11) is 2.11. The van der Waals surface area contributed by atoms with E-state index < -0.39 is 0 Å². The molecule has 4 aromatic heterocycles. The first-order chi connectivity index (χ1) is 15.2. The molecule has 0 aromatic carbocycles. The van der Waals surface area contributed by atoms with Crippen LogP contribution in [0.5, 0.6) is 0 Å². The minimum atomic E-state index is 0.163. The Morgan fingerprint density at radius 1 is 1.16 bits per heavy atom. The van der Waals surface area contributed by atoms with Crippen LogP contribution in [0.25, 0.3) is 28.3 Å². The van der Waals surface area contributed by atoms with Crippen LogP contribution in [0.1, 0.15) is 31.1 Å². The van der Waals surface area contributed by atoms with Gasteiger partial charge in [-0.3, -0.25) is 14.0 Å². The number of aromatic nitrogens is 7. The van der Waals surface area contributed by atoms with E-state index in [1.807, 2.05) is 46.3 Å². The van der Waals surface area contributed by atoms with Gasteiger partial charge in [-0.2, -0.15) is 10.4 Å². The van der Waals surface area contributed by atoms with Gasteiger partial charge in [-0.15, -0.1) is 0 Å². The summed E-state index contributed by atoms with van der Waals surface area (Å²) in [4.78, 5) is 16.3. The highest BCUT2D eigenvalue weighted by molar-refractivity contribution is 5.65. The van der Waals surface area contributed by atoms with E-state index in [0.717, 1.165) is 53.8 Å². The van der Waals surface area contributed by atoms with Crippen molar-refractivity contribution < 1.29 is 0 Å². The molecule has 156 valence electrons. The molecular weight excluding hydrogens is 390 g/mol. The van der Waals surface area contributed by atoms with Crippen molar-refractivity contribution in [3.63, 3.8) is 0 Å². The van der Waals surface area contributed by atoms with Gasteiger partial charge < -0.3 is 4.57 Å². The quantitative estimate of drug-likeness (QED) is 0.499. The van der Waals surface area contributed by atoms with Crippen molar-refractivity contribution >= 4 is 5.65 Å². The van der Waals surface area contributed by atoms with Crippen LogP contribution >= 0.6 is 0 Å². The van der Waals surface area contributed by atoms with Crippen LogP contribution in [0.2, 0.25) is 0 Å². The van der Waals surface area contributed by atoms with Crippen molar-refractivity contribution in [3.8, 4) is 28.7 Å². The summed E-state index contributed by atoms with van der Waals surface area (Å²) >= 11 is 0. The number of imidazole rings is 2. The topological polar surface area (TPSA) is 92.9 Å². The van der Waals surface area contributed by atoms with Gasteiger partial charge in [0.1, 0.15) is 17.8 Å². The maximum absolute atomic E-state index is 9.16. The molecule has 1 atom stereocenters. The van der Waals surface area contributed by atoms with E-state index in [9.17, 15) is 0 Å². The van der Waals surface area contributed by atoms with Crippen LogP contribution in [-0.4, -0.2) is 52.2 Å². The van der Waals surface area contributed by atoms with E-state index in [4.69, 9.17) is 10.2 Å². The number of rotatable bonds is 5. The van der Waals surface area contributed by atoms with Crippen LogP contribution in [0.3, 0.4) is 0 Å². The Morgan fingerprint density at radius 3 is 2.90 bits per heavy atom. The Hall–Kier alpha value is -3.51. The summed E-state index contributed by atoms with van der Waals surface area (Å²) in [6.07, 6.45) is 12.4. The lowest BCUT2D eigenvalue weighted by Gasteiger charge is -2.24. The normalized spacial score (nSPS) is 17.5. The van der Waals surface area contributed by atoms with E-state index in [2.05, 4.69) is 37.7 Å². The Balaban J connectivity index is 1.32. The average Bonchev–Trinajstić information content (AvgIpc) is 3.17. The fourth-order valence-corrected chi connectivity index (χ4v) is 4.46. The van der Waals surface area contributed by atoms with Crippen LogP contribution in [0.15, 0.2) is 37.2 Å². The van der Waals surface area contributed by atoms with E-state index in [-0.39, 0.29) is 6.04 Å². The number of likely N-dealkylation sites (N-methyl/N-ethyl adjacent to an activating group) is 1. The third-order valence-corrected chi connectivity index (χ3v) is 6.37. The van der Waals surface area contributed by atoms with Crippen LogP contribution in [-0.2, 0) is 13.1 Å². The number of fused-ring (bicyclic) bond motifs is 2. The van der Waals surface area contributed by atoms with Crippen molar-refractivity contribution in [2.45, 2.75) is 38.4 Å². The molecule has 6 rings (SSSR count). The maximum Gasteiger partial charge on any atom is 0.140 e. The van der Waals surface area contributed by atoms with Crippen LogP contribution in [0, 0.1) is 17.2 Å². The molecule has 0 N–H and O–H groups in total. The molecule has 9 heteroatoms. The van der Waals surface area contributed by atoms with E-state index >= 15 is 0 Å². The molecule has 1 aliphatic heterocycles. The first-order valence-corrected chi connectivity index (χ1v) is 10.7. The molecule has 31 heavy (non-hydrogen) atoms. The minimum Gasteiger partial charge on any atom is -0.324 e. The van der Waals surface area contributed by atoms with E-state index in [0.29, 0.717) is 12.3 Å². The van der Waals surface area contributed by atoms with Gasteiger partial charge in [0.25, 0.3) is 0 Å². The lowest BCUT2D eigenvalue weighted by Crippen LogP contribution is -2.30. The summed E-state index contributed by atoms with van der Waals surface area (Å²) in [6, 6.07) is 4.48. The smallest absolute Gasteiger partial charge is 0.140 e. The molecule has 0 spiro atoms. The van der Waals surface area contributed by atoms with E-state index in [1.54, 1.807) is 0 Å². The second-order valence-corrected chi connectivity index (χ2v) is 8.59. The number of nitriles is 1. The molecule has 0 bridgehead atoms. The lowest BCUT2D eigenvalue weighted by molar-refractivity contribution is 0.265. The van der Waals surface area contributed by atoms with Gasteiger partial charge in [-0.1, -0.05) is 0 Å². The predicted molar refractivity (Wildman–Crippen MR) is 114 cm³/mol. The summed E-state index contributed by atoms with van der Waals surface area (Å²) in [6.45, 7) is 2.77. The number of hydrogen-bond donors (Lipinski definition) is 0. The first-order valence-electron chi connectivity index (χ1n) is 10.7. The molecule has 1 saturated carbocycles. The fraction of sp³-hybridized carbons (Fsp3) is 0.409. The number of nitrogens with zero attached hydrogens (tertiary/aromatic N) is 9. The third kappa shape index (κ3) is 3.20. The largest absolute Gasteiger partial charge is 0.324 e. The third-order valence-electron chi connectivity index (χ3n) is 6.37. The predicted octanol–water partition coefficient (Wildman–Crippen LogP) is 2.77. The molecule has 2 aliphatic rings. The van der Waals surface area contributed by atoms with Gasteiger partial charge in [0.15, 0.2) is 0 Å². The zero-order valence-electron chi connectivity index (χ0n) is 17.4. The van der Waals surface area contributed by atoms with Crippen molar-refractivity contribution in [1.29, 1.82) is 5.26 Å². The minimum absolute atomic E-state index is 0.163. The van der Waals surface area contributed by atoms with Crippen molar-refractivity contribution in [2.75, 3.05) is 13.6 Å². The van der Waals surface area contributed by atoms with Gasteiger partial charge in [-0.25, -0.2) is 15.0 Å². The van der Waals surface area contributed by atoms with Gasteiger partial charge in [0, 0.05) is 37.1 Å². The molecule has 0 saturated heterocycles. The highest BCUT2D eigenvalue weighted by Crippen LogP contribution is 2.41. The van der Waals surface area contributed by atoms with Crippen molar-refractivity contribution in [2.24, 2.45) is 5.92 Å². The Labute approximate surface area is 179 Å². The fourth-order valence-electron chi connectivity index (χ4n) is 4.46. The van der Waals surface area contributed by atoms with Crippen molar-refractivity contribution in [1.82, 2.24) is 38.6 Å². The van der Waals surface area contributed by atoms with Crippen LogP contribution < -0.4 is 0 Å². The van der Waals surface area contributed by atoms with Crippen molar-refractivity contribution in [3.05, 3.63) is 43.0 Å². The molecule has 0 radical (unpaired) electrons. The van der Waals surface area contributed by atoms with Gasteiger partial charge in [0.2, 0.25) is 0 Å². The molecule has 1 unspecified atom stereocenters. The summed E-state index contributed by atoms with van der Waals surface area (Å²) < 4.78 is 6.13. The second kappa shape index (κ2) is 7.03. The Kier molecular flexibility index (Phi) is 4.14. The molecule has 5 heterocycles. The molecule has 0 amide bonds. The first kappa shape index (κ1) is 18.3. The standard InChI is InChI=1S/C22H23N9/c1-28-6-7-30-20(10-24-22(30)13-28)17-8-21-27-18(12-29(21)14-25-17)16-9-26-31(11-16)19(4-5-23)15-2-3-15/h8-12,14-15,19H,2-4,6-7,13H2,1H3. The highest BCUT2D eigenvalue weighted by atomic mass is 15.3. The number of hydrogen-bond acceptors (Lipinski definition) is 6. The van der Waals surface area contributed by atoms with Gasteiger partial charge >= 0.3 is 0 Å². The van der Waals surface area contributed by atoms with E-state index in [1.165, 1.54) is 12.8 Å². The molecule has 1 aliphatic carbocycles. The lowest BCUT2D eigenvalue weighted by atomic mass is 10.1. The molecule has 9 nitrogen and oxygen atoms in total. The maximum atomic E-state index is 9.16.